The minimum absolute atomic E-state index is 0.301. The Bertz CT molecular complexity index is 1400. The lowest BCUT2D eigenvalue weighted by Crippen LogP contribution is -2.32. The lowest BCUT2D eigenvalue weighted by molar-refractivity contribution is 0.416. The third-order valence-corrected chi connectivity index (χ3v) is 6.30. The maximum Gasteiger partial charge on any atom is 0.170 e. The van der Waals surface area contributed by atoms with Crippen LogP contribution < -0.4 is 9.64 Å². The van der Waals surface area contributed by atoms with E-state index in [4.69, 9.17) is 9.26 Å². The standard InChI is InChI=1S/C26H22FN3O2/c27-19-7-8-22-24(15-19)32-29-25(22)18-10-13-30(14-11-18)20-4-2-5-21(16-20)31-23-6-1-3-17-9-12-28-26(17)23/h1-9,12,15-16,18,28H,10-11,13-14H2. The summed E-state index contributed by atoms with van der Waals surface area (Å²) in [5.41, 5.74) is 3.60. The third kappa shape index (κ3) is 3.38. The minimum atomic E-state index is -0.301. The van der Waals surface area contributed by atoms with E-state index in [0.29, 0.717) is 11.5 Å². The molecule has 0 saturated carbocycles. The van der Waals surface area contributed by atoms with Crippen LogP contribution in [0.4, 0.5) is 10.1 Å². The number of benzene rings is 3. The molecule has 0 amide bonds. The first kappa shape index (κ1) is 18.9. The molecule has 0 radical (unpaired) electrons. The Balaban J connectivity index is 1.18. The molecule has 0 unspecified atom stereocenters. The van der Waals surface area contributed by atoms with Gasteiger partial charge in [0.25, 0.3) is 0 Å². The summed E-state index contributed by atoms with van der Waals surface area (Å²) in [4.78, 5) is 5.63. The van der Waals surface area contributed by atoms with Gasteiger partial charge in [-0.2, -0.15) is 0 Å². The van der Waals surface area contributed by atoms with Gasteiger partial charge in [0, 0.05) is 53.8 Å². The topological polar surface area (TPSA) is 54.3 Å². The van der Waals surface area contributed by atoms with Crippen LogP contribution in [0.5, 0.6) is 11.5 Å². The highest BCUT2D eigenvalue weighted by molar-refractivity contribution is 5.85. The number of fused-ring (bicyclic) bond motifs is 2. The van der Waals surface area contributed by atoms with Crippen LogP contribution in [0.25, 0.3) is 21.9 Å². The van der Waals surface area contributed by atoms with Crippen molar-refractivity contribution in [1.29, 1.82) is 0 Å². The molecule has 1 aliphatic rings. The molecular weight excluding hydrogens is 405 g/mol. The second kappa shape index (κ2) is 7.71. The molecular formula is C26H22FN3O2. The van der Waals surface area contributed by atoms with Crippen molar-refractivity contribution >= 4 is 27.6 Å². The number of aromatic amines is 1. The van der Waals surface area contributed by atoms with E-state index in [-0.39, 0.29) is 5.82 Å². The molecule has 0 atom stereocenters. The van der Waals surface area contributed by atoms with Crippen LogP contribution in [-0.2, 0) is 0 Å². The molecule has 6 heteroatoms. The molecule has 3 heterocycles. The number of aromatic nitrogens is 2. The number of nitrogens with zero attached hydrogens (tertiary/aromatic N) is 2. The number of halogens is 1. The van der Waals surface area contributed by atoms with Gasteiger partial charge in [-0.25, -0.2) is 4.39 Å². The van der Waals surface area contributed by atoms with Crippen molar-refractivity contribution in [3.05, 3.63) is 84.4 Å². The average molecular weight is 427 g/mol. The average Bonchev–Trinajstić information content (AvgIpc) is 3.47. The van der Waals surface area contributed by atoms with Gasteiger partial charge >= 0.3 is 0 Å². The van der Waals surface area contributed by atoms with Crippen LogP contribution >= 0.6 is 0 Å². The molecule has 0 aliphatic carbocycles. The number of piperidine rings is 1. The van der Waals surface area contributed by atoms with E-state index in [1.807, 2.05) is 36.5 Å². The van der Waals surface area contributed by atoms with Gasteiger partial charge < -0.3 is 19.1 Å². The number of nitrogens with one attached hydrogen (secondary N) is 1. The van der Waals surface area contributed by atoms with Gasteiger partial charge in [-0.3, -0.25) is 0 Å². The Morgan fingerprint density at radius 2 is 1.88 bits per heavy atom. The Labute approximate surface area is 184 Å². The summed E-state index contributed by atoms with van der Waals surface area (Å²) in [5, 5.41) is 6.30. The summed E-state index contributed by atoms with van der Waals surface area (Å²) in [7, 11) is 0. The predicted molar refractivity (Wildman–Crippen MR) is 123 cm³/mol. The second-order valence-electron chi connectivity index (χ2n) is 8.27. The highest BCUT2D eigenvalue weighted by Crippen LogP contribution is 2.36. The number of hydrogen-bond acceptors (Lipinski definition) is 4. The van der Waals surface area contributed by atoms with Crippen molar-refractivity contribution < 1.29 is 13.7 Å². The fraction of sp³-hybridized carbons (Fsp3) is 0.192. The zero-order valence-corrected chi connectivity index (χ0v) is 17.4. The largest absolute Gasteiger partial charge is 0.455 e. The normalized spacial score (nSPS) is 15.0. The van der Waals surface area contributed by atoms with Crippen molar-refractivity contribution in [2.75, 3.05) is 18.0 Å². The first-order valence-corrected chi connectivity index (χ1v) is 10.9. The molecule has 2 aromatic heterocycles. The van der Waals surface area contributed by atoms with Gasteiger partial charge in [0.2, 0.25) is 0 Å². The third-order valence-electron chi connectivity index (χ3n) is 6.30. The molecule has 0 spiro atoms. The zero-order chi connectivity index (χ0) is 21.5. The van der Waals surface area contributed by atoms with E-state index in [2.05, 4.69) is 33.2 Å². The predicted octanol–water partition coefficient (Wildman–Crippen LogP) is 6.62. The summed E-state index contributed by atoms with van der Waals surface area (Å²) in [6.07, 6.45) is 3.85. The molecule has 1 fully saturated rings. The molecule has 3 aromatic carbocycles. The zero-order valence-electron chi connectivity index (χ0n) is 17.4. The number of H-pyrrole nitrogens is 1. The number of ether oxygens (including phenoxy) is 1. The van der Waals surface area contributed by atoms with Crippen LogP contribution in [0, 0.1) is 5.82 Å². The van der Waals surface area contributed by atoms with Crippen molar-refractivity contribution in [1.82, 2.24) is 10.1 Å². The maximum atomic E-state index is 13.5. The quantitative estimate of drug-likeness (QED) is 0.350. The molecule has 1 N–H and O–H groups in total. The maximum absolute atomic E-state index is 13.5. The van der Waals surface area contributed by atoms with E-state index in [0.717, 1.165) is 65.1 Å². The fourth-order valence-corrected chi connectivity index (χ4v) is 4.65. The highest BCUT2D eigenvalue weighted by atomic mass is 19.1. The Morgan fingerprint density at radius 3 is 2.78 bits per heavy atom. The summed E-state index contributed by atoms with van der Waals surface area (Å²) in [6.45, 7) is 1.83. The summed E-state index contributed by atoms with van der Waals surface area (Å²) in [5.74, 6) is 1.64. The summed E-state index contributed by atoms with van der Waals surface area (Å²) < 4.78 is 25.0. The second-order valence-corrected chi connectivity index (χ2v) is 8.27. The van der Waals surface area contributed by atoms with E-state index >= 15 is 0 Å². The van der Waals surface area contributed by atoms with Crippen molar-refractivity contribution in [2.24, 2.45) is 0 Å². The van der Waals surface area contributed by atoms with Crippen LogP contribution in [0.3, 0.4) is 0 Å². The molecule has 6 rings (SSSR count). The first-order chi connectivity index (χ1) is 15.7. The lowest BCUT2D eigenvalue weighted by Gasteiger charge is -2.33. The molecule has 32 heavy (non-hydrogen) atoms. The van der Waals surface area contributed by atoms with E-state index in [1.54, 1.807) is 6.07 Å². The van der Waals surface area contributed by atoms with E-state index < -0.39 is 0 Å². The Kier molecular flexibility index (Phi) is 4.56. The van der Waals surface area contributed by atoms with E-state index in [1.165, 1.54) is 12.1 Å². The van der Waals surface area contributed by atoms with Crippen LogP contribution in [0.1, 0.15) is 24.5 Å². The molecule has 0 bridgehead atoms. The van der Waals surface area contributed by atoms with Crippen molar-refractivity contribution in [2.45, 2.75) is 18.8 Å². The smallest absolute Gasteiger partial charge is 0.170 e. The van der Waals surface area contributed by atoms with Gasteiger partial charge in [-0.05, 0) is 49.2 Å². The number of hydrogen-bond donors (Lipinski definition) is 1. The van der Waals surface area contributed by atoms with Crippen LogP contribution in [-0.4, -0.2) is 23.2 Å². The molecule has 1 aliphatic heterocycles. The van der Waals surface area contributed by atoms with Gasteiger partial charge in [0.15, 0.2) is 11.3 Å². The first-order valence-electron chi connectivity index (χ1n) is 10.9. The number of para-hydroxylation sites is 1. The van der Waals surface area contributed by atoms with Crippen LogP contribution in [0.2, 0.25) is 0 Å². The highest BCUT2D eigenvalue weighted by Gasteiger charge is 2.25. The molecule has 160 valence electrons. The Hall–Kier alpha value is -3.80. The SMILES string of the molecule is Fc1ccc2c(C3CCN(c4cccc(Oc5cccc6cc[nH]c56)c4)CC3)noc2c1. The number of rotatable bonds is 4. The Morgan fingerprint density at radius 1 is 1.00 bits per heavy atom. The molecule has 1 saturated heterocycles. The lowest BCUT2D eigenvalue weighted by atomic mass is 9.91. The minimum Gasteiger partial charge on any atom is -0.455 e. The van der Waals surface area contributed by atoms with Gasteiger partial charge in [0.05, 0.1) is 11.2 Å². The van der Waals surface area contributed by atoms with Gasteiger partial charge in [-0.15, -0.1) is 0 Å². The molecule has 5 aromatic rings. The molecule has 5 nitrogen and oxygen atoms in total. The van der Waals surface area contributed by atoms with Gasteiger partial charge in [-0.1, -0.05) is 23.4 Å². The monoisotopic (exact) mass is 427 g/mol. The van der Waals surface area contributed by atoms with Crippen molar-refractivity contribution in [3.8, 4) is 11.5 Å². The fourth-order valence-electron chi connectivity index (χ4n) is 4.65. The number of anilines is 1. The van der Waals surface area contributed by atoms with Crippen molar-refractivity contribution in [3.63, 3.8) is 0 Å². The van der Waals surface area contributed by atoms with Gasteiger partial charge in [0.1, 0.15) is 11.6 Å². The van der Waals surface area contributed by atoms with E-state index in [9.17, 15) is 4.39 Å². The summed E-state index contributed by atoms with van der Waals surface area (Å²) in [6, 6.07) is 21.0. The summed E-state index contributed by atoms with van der Waals surface area (Å²) >= 11 is 0. The van der Waals surface area contributed by atoms with Crippen LogP contribution in [0.15, 0.2) is 77.4 Å².